The Morgan fingerprint density at radius 3 is 2.70 bits per heavy atom. The molecule has 3 N–H and O–H groups in total. The molecule has 0 amide bonds. The molecule has 122 valence electrons. The van der Waals surface area contributed by atoms with Crippen molar-refractivity contribution in [2.45, 2.75) is 23.5 Å². The number of aromatic hydroxyl groups is 1. The van der Waals surface area contributed by atoms with E-state index >= 15 is 0 Å². The Morgan fingerprint density at radius 2 is 1.96 bits per heavy atom. The van der Waals surface area contributed by atoms with Gasteiger partial charge in [0.2, 0.25) is 10.0 Å². The Balaban J connectivity index is 1.93. The van der Waals surface area contributed by atoms with Crippen molar-refractivity contribution in [3.8, 4) is 11.5 Å². The van der Waals surface area contributed by atoms with E-state index in [1.165, 1.54) is 19.2 Å². The number of nitrogens with one attached hydrogen (secondary N) is 1. The predicted molar refractivity (Wildman–Crippen MR) is 83.9 cm³/mol. The van der Waals surface area contributed by atoms with Gasteiger partial charge in [-0.05, 0) is 30.2 Å². The number of aliphatic hydroxyl groups is 1. The minimum absolute atomic E-state index is 0.00590. The predicted octanol–water partition coefficient (Wildman–Crippen LogP) is 1.34. The number of aliphatic hydroxyl groups excluding tert-OH is 1. The van der Waals surface area contributed by atoms with Crippen LogP contribution in [0, 0.1) is 0 Å². The molecule has 0 saturated carbocycles. The standard InChI is InChI=1S/C16H17NO5S/c1-22-14-9-10(6-7-13(14)18)8-12-16(19)11-4-2-3-5-15(11)23(20,21)17-12/h2-7,9,12,16-19H,8H2,1H3. The van der Waals surface area contributed by atoms with Gasteiger partial charge in [0, 0.05) is 5.56 Å². The zero-order valence-corrected chi connectivity index (χ0v) is 13.2. The molecular formula is C16H17NO5S. The van der Waals surface area contributed by atoms with Crippen molar-refractivity contribution in [1.82, 2.24) is 4.72 Å². The average molecular weight is 335 g/mol. The van der Waals surface area contributed by atoms with Crippen LogP contribution in [0.2, 0.25) is 0 Å². The molecule has 0 fully saturated rings. The topological polar surface area (TPSA) is 95.9 Å². The molecule has 2 aromatic carbocycles. The van der Waals surface area contributed by atoms with E-state index in [2.05, 4.69) is 4.72 Å². The number of hydrogen-bond acceptors (Lipinski definition) is 5. The SMILES string of the molecule is COc1cc(CC2NS(=O)(=O)c3ccccc3C2O)ccc1O. The number of ether oxygens (including phenoxy) is 1. The van der Waals surface area contributed by atoms with Crippen LogP contribution >= 0.6 is 0 Å². The normalized spacial score (nSPS) is 22.3. The van der Waals surface area contributed by atoms with Gasteiger partial charge in [-0.15, -0.1) is 0 Å². The zero-order valence-electron chi connectivity index (χ0n) is 12.4. The molecule has 0 aromatic heterocycles. The maximum absolute atomic E-state index is 12.3. The molecule has 1 aliphatic heterocycles. The van der Waals surface area contributed by atoms with Gasteiger partial charge in [-0.3, -0.25) is 0 Å². The van der Waals surface area contributed by atoms with Gasteiger partial charge in [0.25, 0.3) is 0 Å². The monoisotopic (exact) mass is 335 g/mol. The van der Waals surface area contributed by atoms with Crippen molar-refractivity contribution < 1.29 is 23.4 Å². The number of fused-ring (bicyclic) bond motifs is 1. The smallest absolute Gasteiger partial charge is 0.241 e. The van der Waals surface area contributed by atoms with Crippen LogP contribution in [0.3, 0.4) is 0 Å². The molecule has 0 spiro atoms. The number of sulfonamides is 1. The lowest BCUT2D eigenvalue weighted by atomic mass is 9.96. The average Bonchev–Trinajstić information content (AvgIpc) is 2.54. The van der Waals surface area contributed by atoms with Crippen molar-refractivity contribution in [3.63, 3.8) is 0 Å². The third-order valence-electron chi connectivity index (χ3n) is 3.91. The van der Waals surface area contributed by atoms with Crippen LogP contribution in [0.1, 0.15) is 17.2 Å². The van der Waals surface area contributed by atoms with Gasteiger partial charge in [-0.2, -0.15) is 0 Å². The maximum atomic E-state index is 12.3. The molecule has 23 heavy (non-hydrogen) atoms. The molecular weight excluding hydrogens is 318 g/mol. The van der Waals surface area contributed by atoms with Gasteiger partial charge in [-0.25, -0.2) is 13.1 Å². The second kappa shape index (κ2) is 5.84. The molecule has 0 saturated heterocycles. The van der Waals surface area contributed by atoms with Crippen LogP contribution in [0.5, 0.6) is 11.5 Å². The second-order valence-electron chi connectivity index (χ2n) is 5.42. The Kier molecular flexibility index (Phi) is 4.01. The van der Waals surface area contributed by atoms with E-state index in [-0.39, 0.29) is 17.1 Å². The highest BCUT2D eigenvalue weighted by molar-refractivity contribution is 7.89. The molecule has 0 radical (unpaired) electrons. The molecule has 0 aliphatic carbocycles. The van der Waals surface area contributed by atoms with E-state index < -0.39 is 22.2 Å². The van der Waals surface area contributed by atoms with E-state index in [4.69, 9.17) is 4.74 Å². The molecule has 2 aromatic rings. The summed E-state index contributed by atoms with van der Waals surface area (Å²) >= 11 is 0. The number of methoxy groups -OCH3 is 1. The largest absolute Gasteiger partial charge is 0.504 e. The highest BCUT2D eigenvalue weighted by atomic mass is 32.2. The van der Waals surface area contributed by atoms with Crippen LogP contribution in [0.4, 0.5) is 0 Å². The van der Waals surface area contributed by atoms with Crippen LogP contribution in [-0.4, -0.2) is 31.8 Å². The van der Waals surface area contributed by atoms with Crippen LogP contribution < -0.4 is 9.46 Å². The van der Waals surface area contributed by atoms with Crippen molar-refractivity contribution in [1.29, 1.82) is 0 Å². The number of benzene rings is 2. The lowest BCUT2D eigenvalue weighted by molar-refractivity contribution is 0.131. The van der Waals surface area contributed by atoms with Crippen LogP contribution in [0.25, 0.3) is 0 Å². The van der Waals surface area contributed by atoms with Gasteiger partial charge in [0.1, 0.15) is 0 Å². The highest BCUT2D eigenvalue weighted by Gasteiger charge is 2.36. The summed E-state index contributed by atoms with van der Waals surface area (Å²) in [7, 11) is -2.22. The van der Waals surface area contributed by atoms with E-state index in [0.717, 1.165) is 5.56 Å². The van der Waals surface area contributed by atoms with Crippen molar-refractivity contribution in [2.75, 3.05) is 7.11 Å². The van der Waals surface area contributed by atoms with Crippen molar-refractivity contribution in [3.05, 3.63) is 53.6 Å². The summed E-state index contributed by atoms with van der Waals surface area (Å²) in [5, 5.41) is 20.1. The first-order valence-corrected chi connectivity index (χ1v) is 8.56. The molecule has 1 aliphatic rings. The number of rotatable bonds is 3. The summed E-state index contributed by atoms with van der Waals surface area (Å²) in [6.45, 7) is 0. The van der Waals surface area contributed by atoms with Gasteiger partial charge >= 0.3 is 0 Å². The Labute approximate surface area is 134 Å². The Bertz CT molecular complexity index is 834. The number of hydrogen-bond donors (Lipinski definition) is 3. The summed E-state index contributed by atoms with van der Waals surface area (Å²) in [5.74, 6) is 0.308. The molecule has 1 heterocycles. The maximum Gasteiger partial charge on any atom is 0.241 e. The minimum atomic E-state index is -3.66. The number of phenolic OH excluding ortho intramolecular Hbond substituents is 1. The fourth-order valence-corrected chi connectivity index (χ4v) is 4.26. The summed E-state index contributed by atoms with van der Waals surface area (Å²) in [6.07, 6.45) is -0.680. The summed E-state index contributed by atoms with van der Waals surface area (Å²) in [5.41, 5.74) is 1.13. The third kappa shape index (κ3) is 2.90. The molecule has 6 nitrogen and oxygen atoms in total. The fourth-order valence-electron chi connectivity index (χ4n) is 2.77. The molecule has 2 atom stereocenters. The summed E-state index contributed by atoms with van der Waals surface area (Å²) in [6, 6.07) is 10.5. The van der Waals surface area contributed by atoms with Gasteiger partial charge in [-0.1, -0.05) is 24.3 Å². The van der Waals surface area contributed by atoms with E-state index in [0.29, 0.717) is 11.3 Å². The van der Waals surface area contributed by atoms with Gasteiger partial charge in [0.15, 0.2) is 11.5 Å². The summed E-state index contributed by atoms with van der Waals surface area (Å²) in [4.78, 5) is 0.104. The number of phenols is 1. The quantitative estimate of drug-likeness (QED) is 0.787. The molecule has 2 unspecified atom stereocenters. The van der Waals surface area contributed by atoms with Crippen molar-refractivity contribution in [2.24, 2.45) is 0 Å². The first-order valence-electron chi connectivity index (χ1n) is 7.07. The third-order valence-corrected chi connectivity index (χ3v) is 5.48. The zero-order chi connectivity index (χ0) is 16.6. The molecule has 7 heteroatoms. The van der Waals surface area contributed by atoms with E-state index in [9.17, 15) is 18.6 Å². The lowest BCUT2D eigenvalue weighted by Gasteiger charge is -2.30. The second-order valence-corrected chi connectivity index (χ2v) is 7.10. The van der Waals surface area contributed by atoms with Crippen LogP contribution in [-0.2, 0) is 16.4 Å². The van der Waals surface area contributed by atoms with Gasteiger partial charge < -0.3 is 14.9 Å². The molecule has 0 bridgehead atoms. The Morgan fingerprint density at radius 1 is 1.22 bits per heavy atom. The minimum Gasteiger partial charge on any atom is -0.504 e. The van der Waals surface area contributed by atoms with Crippen LogP contribution in [0.15, 0.2) is 47.4 Å². The molecule has 3 rings (SSSR count). The first kappa shape index (κ1) is 15.8. The van der Waals surface area contributed by atoms with Crippen molar-refractivity contribution >= 4 is 10.0 Å². The van der Waals surface area contributed by atoms with E-state index in [1.54, 1.807) is 30.3 Å². The Hall–Kier alpha value is -2.09. The summed E-state index contributed by atoms with van der Waals surface area (Å²) < 4.78 is 32.2. The van der Waals surface area contributed by atoms with E-state index in [1.807, 2.05) is 0 Å². The first-order chi connectivity index (χ1) is 10.9. The van der Waals surface area contributed by atoms with Gasteiger partial charge in [0.05, 0.1) is 24.2 Å². The fraction of sp³-hybridized carbons (Fsp3) is 0.250. The highest BCUT2D eigenvalue weighted by Crippen LogP contribution is 2.33. The lowest BCUT2D eigenvalue weighted by Crippen LogP contribution is -2.45.